The number of anilines is 1. The Balaban J connectivity index is 2.07. The van der Waals surface area contributed by atoms with Crippen molar-refractivity contribution in [1.29, 1.82) is 0 Å². The molecule has 1 aliphatic rings. The van der Waals surface area contributed by atoms with E-state index in [1.165, 1.54) is 13.2 Å². The molecule has 2 aromatic carbocycles. The van der Waals surface area contributed by atoms with E-state index in [0.29, 0.717) is 17.3 Å². The van der Waals surface area contributed by atoms with Crippen LogP contribution in [-0.2, 0) is 5.54 Å². The van der Waals surface area contributed by atoms with E-state index >= 15 is 8.78 Å². The van der Waals surface area contributed by atoms with Crippen molar-refractivity contribution in [2.45, 2.75) is 26.3 Å². The average molecular weight is 391 g/mol. The quantitative estimate of drug-likeness (QED) is 0.680. The smallest absolute Gasteiger partial charge is 0.162 e. The highest BCUT2D eigenvalue weighted by atomic mass is 35.5. The van der Waals surface area contributed by atoms with Crippen molar-refractivity contribution in [3.8, 4) is 22.6 Å². The minimum atomic E-state index is -0.738. The summed E-state index contributed by atoms with van der Waals surface area (Å²) >= 11 is 6.15. The normalized spacial score (nSPS) is 14.3. The van der Waals surface area contributed by atoms with Gasteiger partial charge in [0.05, 0.1) is 28.9 Å². The summed E-state index contributed by atoms with van der Waals surface area (Å²) in [6.07, 6.45) is 0. The maximum atomic E-state index is 15.7. The van der Waals surface area contributed by atoms with E-state index in [4.69, 9.17) is 16.3 Å². The van der Waals surface area contributed by atoms with Crippen LogP contribution >= 0.6 is 11.6 Å². The first-order chi connectivity index (χ1) is 12.8. The Bertz CT molecular complexity index is 1080. The van der Waals surface area contributed by atoms with Crippen molar-refractivity contribution in [3.05, 3.63) is 52.6 Å². The predicted octanol–water partition coefficient (Wildman–Crippen LogP) is 4.84. The topological polar surface area (TPSA) is 52.0 Å². The van der Waals surface area contributed by atoms with Crippen molar-refractivity contribution in [2.24, 2.45) is 0 Å². The van der Waals surface area contributed by atoms with Gasteiger partial charge in [-0.05, 0) is 26.8 Å². The van der Waals surface area contributed by atoms with Gasteiger partial charge < -0.3 is 10.1 Å². The molecule has 3 aromatic rings. The van der Waals surface area contributed by atoms with Crippen molar-refractivity contribution in [2.75, 3.05) is 12.4 Å². The van der Waals surface area contributed by atoms with Gasteiger partial charge in [-0.2, -0.15) is 0 Å². The maximum Gasteiger partial charge on any atom is 0.162 e. The van der Waals surface area contributed by atoms with Gasteiger partial charge in [-0.1, -0.05) is 23.7 Å². The van der Waals surface area contributed by atoms with E-state index in [2.05, 4.69) is 15.5 Å². The number of nitrogens with one attached hydrogen (secondary N) is 1. The zero-order valence-corrected chi connectivity index (χ0v) is 15.9. The molecule has 0 amide bonds. The fourth-order valence-electron chi connectivity index (χ4n) is 3.51. The van der Waals surface area contributed by atoms with Crippen molar-refractivity contribution in [1.82, 2.24) is 14.8 Å². The molecule has 0 spiro atoms. The fourth-order valence-corrected chi connectivity index (χ4v) is 3.76. The Morgan fingerprint density at radius 1 is 1.22 bits per heavy atom. The monoisotopic (exact) mass is 390 g/mol. The van der Waals surface area contributed by atoms with E-state index in [9.17, 15) is 0 Å². The Kier molecular flexibility index (Phi) is 3.89. The third-order valence-electron chi connectivity index (χ3n) is 4.69. The highest BCUT2D eigenvalue weighted by molar-refractivity contribution is 6.32. The van der Waals surface area contributed by atoms with Crippen LogP contribution in [0.5, 0.6) is 5.75 Å². The van der Waals surface area contributed by atoms with Crippen LogP contribution in [0.3, 0.4) is 0 Å². The molecule has 0 bridgehead atoms. The Hall–Kier alpha value is -2.67. The Labute approximate surface area is 159 Å². The number of rotatable bonds is 2. The summed E-state index contributed by atoms with van der Waals surface area (Å²) in [5, 5.41) is 11.7. The predicted molar refractivity (Wildman–Crippen MR) is 99.7 cm³/mol. The first kappa shape index (κ1) is 17.7. The number of aromatic nitrogens is 3. The SMILES string of the molecule is COc1c(Cl)cccc1-c1c(F)cc2c(c1F)-n1c(C)nnc1C(C)(C)N2. The van der Waals surface area contributed by atoms with Gasteiger partial charge >= 0.3 is 0 Å². The number of ether oxygens (including phenoxy) is 1. The average Bonchev–Trinajstić information content (AvgIpc) is 2.97. The minimum Gasteiger partial charge on any atom is -0.495 e. The Morgan fingerprint density at radius 3 is 2.67 bits per heavy atom. The molecule has 140 valence electrons. The molecule has 2 heterocycles. The van der Waals surface area contributed by atoms with Crippen molar-refractivity contribution < 1.29 is 13.5 Å². The summed E-state index contributed by atoms with van der Waals surface area (Å²) in [6, 6.07) is 6.07. The van der Waals surface area contributed by atoms with Crippen molar-refractivity contribution in [3.63, 3.8) is 0 Å². The highest BCUT2D eigenvalue weighted by Gasteiger charge is 2.37. The number of para-hydroxylation sites is 1. The molecule has 1 aromatic heterocycles. The van der Waals surface area contributed by atoms with Gasteiger partial charge in [0.15, 0.2) is 11.6 Å². The summed E-state index contributed by atoms with van der Waals surface area (Å²) in [5.74, 6) is -0.193. The van der Waals surface area contributed by atoms with Gasteiger partial charge in [0.25, 0.3) is 0 Å². The largest absolute Gasteiger partial charge is 0.495 e. The van der Waals surface area contributed by atoms with Crippen LogP contribution in [0.2, 0.25) is 5.02 Å². The second-order valence-corrected chi connectivity index (χ2v) is 7.33. The molecule has 0 aliphatic carbocycles. The number of fused-ring (bicyclic) bond motifs is 3. The third-order valence-corrected chi connectivity index (χ3v) is 4.99. The number of benzene rings is 2. The van der Waals surface area contributed by atoms with Gasteiger partial charge in [0, 0.05) is 11.6 Å². The van der Waals surface area contributed by atoms with E-state index in [1.54, 1.807) is 29.7 Å². The molecule has 0 saturated heterocycles. The van der Waals surface area contributed by atoms with Crippen LogP contribution < -0.4 is 10.1 Å². The molecular formula is C19H17ClF2N4O. The van der Waals surface area contributed by atoms with Crippen LogP contribution in [0.25, 0.3) is 16.8 Å². The molecule has 0 unspecified atom stereocenters. The highest BCUT2D eigenvalue weighted by Crippen LogP contribution is 2.45. The minimum absolute atomic E-state index is 0.172. The van der Waals surface area contributed by atoms with Gasteiger partial charge in [0.1, 0.15) is 23.1 Å². The lowest BCUT2D eigenvalue weighted by molar-refractivity contribution is 0.416. The number of nitrogens with zero attached hydrogens (tertiary/aromatic N) is 3. The first-order valence-corrected chi connectivity index (χ1v) is 8.70. The number of halogens is 3. The summed E-state index contributed by atoms with van der Waals surface area (Å²) in [7, 11) is 1.41. The zero-order valence-electron chi connectivity index (χ0n) is 15.2. The molecule has 8 heteroatoms. The molecule has 0 saturated carbocycles. The molecule has 1 aliphatic heterocycles. The molecule has 4 rings (SSSR count). The van der Waals surface area contributed by atoms with Crippen molar-refractivity contribution >= 4 is 17.3 Å². The van der Waals surface area contributed by atoms with Gasteiger partial charge in [-0.3, -0.25) is 4.57 Å². The fraction of sp³-hybridized carbons (Fsp3) is 0.263. The standard InChI is InChI=1S/C19H17ClF2N4O/c1-9-24-25-18-19(2,3)23-13-8-12(21)14(15(22)16(13)26(9)18)10-6-5-7-11(20)17(10)27-4/h5-8,23H,1-4H3. The first-order valence-electron chi connectivity index (χ1n) is 8.32. The zero-order chi connectivity index (χ0) is 19.5. The number of hydrogen-bond acceptors (Lipinski definition) is 4. The van der Waals surface area contributed by atoms with Gasteiger partial charge in [-0.25, -0.2) is 8.78 Å². The van der Waals surface area contributed by atoms with E-state index < -0.39 is 17.2 Å². The molecule has 0 fully saturated rings. The van der Waals surface area contributed by atoms with Gasteiger partial charge in [-0.15, -0.1) is 10.2 Å². The number of hydrogen-bond donors (Lipinski definition) is 1. The second kappa shape index (κ2) is 5.92. The van der Waals surface area contributed by atoms with E-state index in [1.807, 2.05) is 13.8 Å². The lowest BCUT2D eigenvalue weighted by Crippen LogP contribution is -2.36. The third kappa shape index (κ3) is 2.49. The Morgan fingerprint density at radius 2 is 1.96 bits per heavy atom. The summed E-state index contributed by atoms with van der Waals surface area (Å²) in [4.78, 5) is 0. The molecule has 27 heavy (non-hydrogen) atoms. The lowest BCUT2D eigenvalue weighted by atomic mass is 9.96. The molecule has 0 atom stereocenters. The van der Waals surface area contributed by atoms with Crippen LogP contribution in [0.15, 0.2) is 24.3 Å². The van der Waals surface area contributed by atoms with Crippen LogP contribution in [-0.4, -0.2) is 21.9 Å². The van der Waals surface area contributed by atoms with Gasteiger partial charge in [0.2, 0.25) is 0 Å². The van der Waals surface area contributed by atoms with Crippen LogP contribution in [0.1, 0.15) is 25.5 Å². The van der Waals surface area contributed by atoms with E-state index in [0.717, 1.165) is 0 Å². The second-order valence-electron chi connectivity index (χ2n) is 6.92. The summed E-state index contributed by atoms with van der Waals surface area (Å²) in [6.45, 7) is 5.48. The molecule has 1 N–H and O–H groups in total. The number of aryl methyl sites for hydroxylation is 1. The molecular weight excluding hydrogens is 374 g/mol. The summed E-state index contributed by atoms with van der Waals surface area (Å²) < 4.78 is 37.6. The van der Waals surface area contributed by atoms with Crippen LogP contribution in [0, 0.1) is 18.6 Å². The number of methoxy groups -OCH3 is 1. The summed E-state index contributed by atoms with van der Waals surface area (Å²) in [5.41, 5.74) is -0.114. The molecule has 0 radical (unpaired) electrons. The van der Waals surface area contributed by atoms with Crippen LogP contribution in [0.4, 0.5) is 14.5 Å². The maximum absolute atomic E-state index is 15.7. The van der Waals surface area contributed by atoms with E-state index in [-0.39, 0.29) is 27.6 Å². The molecule has 5 nitrogen and oxygen atoms in total. The lowest BCUT2D eigenvalue weighted by Gasteiger charge is -2.34.